The van der Waals surface area contributed by atoms with Gasteiger partial charge in [0.1, 0.15) is 5.82 Å². The second-order valence-electron chi connectivity index (χ2n) is 7.92. The van der Waals surface area contributed by atoms with Crippen molar-refractivity contribution in [3.63, 3.8) is 0 Å². The fourth-order valence-electron chi connectivity index (χ4n) is 4.15. The smallest absolute Gasteiger partial charge is 0.318 e. The summed E-state index contributed by atoms with van der Waals surface area (Å²) < 4.78 is 13.1. The van der Waals surface area contributed by atoms with Crippen LogP contribution in [0.1, 0.15) is 18.9 Å². The van der Waals surface area contributed by atoms with Gasteiger partial charge in [0.05, 0.1) is 30.8 Å². The van der Waals surface area contributed by atoms with Crippen molar-refractivity contribution in [1.29, 1.82) is 0 Å². The largest absolute Gasteiger partial charge is 0.381 e. The number of amides is 2. The molecule has 4 heterocycles. The molecule has 2 aliphatic heterocycles. The van der Waals surface area contributed by atoms with Crippen LogP contribution in [-0.4, -0.2) is 72.3 Å². The van der Waals surface area contributed by atoms with Crippen molar-refractivity contribution in [1.82, 2.24) is 25.1 Å². The van der Waals surface area contributed by atoms with E-state index < -0.39 is 0 Å². The first-order valence-corrected chi connectivity index (χ1v) is 11.0. The minimum atomic E-state index is -0.259. The van der Waals surface area contributed by atoms with Gasteiger partial charge in [-0.05, 0) is 37.1 Å². The Labute approximate surface area is 185 Å². The lowest BCUT2D eigenvalue weighted by Crippen LogP contribution is -2.37. The summed E-state index contributed by atoms with van der Waals surface area (Å²) in [4.78, 5) is 23.7. The van der Waals surface area contributed by atoms with E-state index in [0.717, 1.165) is 61.6 Å². The first-order chi connectivity index (χ1) is 15.7. The molecule has 10 heteroatoms. The summed E-state index contributed by atoms with van der Waals surface area (Å²) in [5.74, 6) is 1.53. The Morgan fingerprint density at radius 3 is 2.47 bits per heavy atom. The van der Waals surface area contributed by atoms with E-state index in [9.17, 15) is 4.79 Å². The molecule has 5 rings (SSSR count). The molecule has 2 aliphatic rings. The summed E-state index contributed by atoms with van der Waals surface area (Å²) in [7, 11) is 1.58. The van der Waals surface area contributed by atoms with Gasteiger partial charge in [0.15, 0.2) is 11.5 Å². The third kappa shape index (κ3) is 4.11. The quantitative estimate of drug-likeness (QED) is 0.646. The fraction of sp³-hybridized carbons (Fsp3) is 0.455. The Balaban J connectivity index is 1.56. The van der Waals surface area contributed by atoms with Crippen LogP contribution in [0.3, 0.4) is 0 Å². The van der Waals surface area contributed by atoms with Gasteiger partial charge in [0.25, 0.3) is 0 Å². The number of urea groups is 1. The maximum Gasteiger partial charge on any atom is 0.318 e. The number of hydrogen-bond acceptors (Lipinski definition) is 7. The van der Waals surface area contributed by atoms with Crippen molar-refractivity contribution in [3.8, 4) is 11.4 Å². The number of hydrogen-bond donors (Lipinski definition) is 2. The molecule has 3 aromatic rings. The van der Waals surface area contributed by atoms with Gasteiger partial charge >= 0.3 is 6.03 Å². The highest BCUT2D eigenvalue weighted by molar-refractivity contribution is 5.90. The lowest BCUT2D eigenvalue weighted by Gasteiger charge is -2.28. The highest BCUT2D eigenvalue weighted by Gasteiger charge is 2.24. The minimum absolute atomic E-state index is 0.259. The van der Waals surface area contributed by atoms with E-state index in [0.29, 0.717) is 24.7 Å². The molecule has 32 heavy (non-hydrogen) atoms. The van der Waals surface area contributed by atoms with Crippen LogP contribution in [0.4, 0.5) is 16.3 Å². The number of benzene rings is 1. The number of anilines is 2. The lowest BCUT2D eigenvalue weighted by molar-refractivity contribution is 0.0673. The van der Waals surface area contributed by atoms with Crippen LogP contribution >= 0.6 is 0 Å². The van der Waals surface area contributed by atoms with E-state index in [-0.39, 0.29) is 12.1 Å². The molecule has 168 valence electrons. The Kier molecular flexibility index (Phi) is 5.87. The molecule has 0 spiro atoms. The van der Waals surface area contributed by atoms with Gasteiger partial charge in [-0.15, -0.1) is 0 Å². The maximum atomic E-state index is 11.6. The second kappa shape index (κ2) is 9.09. The van der Waals surface area contributed by atoms with E-state index in [1.54, 1.807) is 7.05 Å². The fourth-order valence-corrected chi connectivity index (χ4v) is 4.15. The molecule has 2 fully saturated rings. The van der Waals surface area contributed by atoms with Gasteiger partial charge in [-0.3, -0.25) is 0 Å². The van der Waals surface area contributed by atoms with Crippen molar-refractivity contribution in [2.75, 3.05) is 56.8 Å². The number of nitrogens with one attached hydrogen (secondary N) is 2. The monoisotopic (exact) mass is 437 g/mol. The van der Waals surface area contributed by atoms with Crippen molar-refractivity contribution in [3.05, 3.63) is 30.5 Å². The number of morpholine rings is 1. The minimum Gasteiger partial charge on any atom is -0.381 e. The van der Waals surface area contributed by atoms with Crippen LogP contribution in [0, 0.1) is 0 Å². The highest BCUT2D eigenvalue weighted by Crippen LogP contribution is 2.32. The van der Waals surface area contributed by atoms with E-state index >= 15 is 0 Å². The number of ether oxygens (including phenoxy) is 2. The molecule has 0 radical (unpaired) electrons. The molecule has 2 N–H and O–H groups in total. The average Bonchev–Trinajstić information content (AvgIpc) is 3.29. The molecule has 2 amide bonds. The van der Waals surface area contributed by atoms with E-state index in [1.165, 1.54) is 0 Å². The molecule has 10 nitrogen and oxygen atoms in total. The summed E-state index contributed by atoms with van der Waals surface area (Å²) in [6, 6.07) is 7.55. The van der Waals surface area contributed by atoms with Crippen LogP contribution in [0.25, 0.3) is 22.4 Å². The van der Waals surface area contributed by atoms with Gasteiger partial charge < -0.3 is 25.0 Å². The second-order valence-corrected chi connectivity index (χ2v) is 7.92. The van der Waals surface area contributed by atoms with Gasteiger partial charge in [-0.2, -0.15) is 5.10 Å². The third-order valence-electron chi connectivity index (χ3n) is 5.91. The first kappa shape index (κ1) is 20.7. The van der Waals surface area contributed by atoms with Crippen LogP contribution in [0.2, 0.25) is 0 Å². The summed E-state index contributed by atoms with van der Waals surface area (Å²) in [5, 5.41) is 11.0. The van der Waals surface area contributed by atoms with Crippen molar-refractivity contribution in [2.45, 2.75) is 18.9 Å². The predicted octanol–water partition coefficient (Wildman–Crippen LogP) is 2.43. The molecular formula is C22H27N7O3. The van der Waals surface area contributed by atoms with Crippen molar-refractivity contribution < 1.29 is 14.3 Å². The third-order valence-corrected chi connectivity index (χ3v) is 5.91. The maximum absolute atomic E-state index is 11.6. The zero-order valence-corrected chi connectivity index (χ0v) is 18.1. The number of carbonyl (C=O) groups is 1. The normalized spacial score (nSPS) is 17.5. The molecule has 0 saturated carbocycles. The number of fused-ring (bicyclic) bond motifs is 1. The van der Waals surface area contributed by atoms with E-state index in [2.05, 4.69) is 15.5 Å². The summed E-state index contributed by atoms with van der Waals surface area (Å²) in [5.41, 5.74) is 2.43. The molecule has 2 saturated heterocycles. The van der Waals surface area contributed by atoms with Gasteiger partial charge in [-0.1, -0.05) is 0 Å². The highest BCUT2D eigenvalue weighted by atomic mass is 16.5. The number of rotatable bonds is 4. The number of aromatic nitrogens is 4. The number of nitrogens with zero attached hydrogens (tertiary/aromatic N) is 5. The van der Waals surface area contributed by atoms with E-state index in [1.807, 2.05) is 35.1 Å². The number of carbonyl (C=O) groups excluding carboxylic acids is 1. The van der Waals surface area contributed by atoms with E-state index in [4.69, 9.17) is 24.5 Å². The van der Waals surface area contributed by atoms with Crippen LogP contribution in [0.5, 0.6) is 0 Å². The van der Waals surface area contributed by atoms with Gasteiger partial charge in [0.2, 0.25) is 0 Å². The predicted molar refractivity (Wildman–Crippen MR) is 121 cm³/mol. The summed E-state index contributed by atoms with van der Waals surface area (Å²) in [6.45, 7) is 4.38. The molecule has 0 aliphatic carbocycles. The zero-order valence-electron chi connectivity index (χ0n) is 18.1. The Morgan fingerprint density at radius 2 is 1.75 bits per heavy atom. The standard InChI is InChI=1S/C22H27N7O3/c1-23-22(30)25-16-4-2-15(3-5-16)19-26-20(28-8-12-32-13-9-28)18-14-24-29(21(18)27-19)17-6-10-31-11-7-17/h2-5,14,17H,6-13H2,1H3,(H2,23,25,30). The van der Waals surface area contributed by atoms with Gasteiger partial charge in [-0.25, -0.2) is 19.4 Å². The molecule has 1 aromatic carbocycles. The first-order valence-electron chi connectivity index (χ1n) is 11.0. The van der Waals surface area contributed by atoms with Crippen LogP contribution < -0.4 is 15.5 Å². The topological polar surface area (TPSA) is 106 Å². The molecular weight excluding hydrogens is 410 g/mol. The zero-order chi connectivity index (χ0) is 21.9. The lowest BCUT2D eigenvalue weighted by atomic mass is 10.1. The molecule has 0 unspecified atom stereocenters. The molecule has 2 aromatic heterocycles. The molecule has 0 bridgehead atoms. The Morgan fingerprint density at radius 1 is 1.03 bits per heavy atom. The van der Waals surface area contributed by atoms with Crippen LogP contribution in [0.15, 0.2) is 30.5 Å². The Bertz CT molecular complexity index is 1090. The summed E-state index contributed by atoms with van der Waals surface area (Å²) >= 11 is 0. The van der Waals surface area contributed by atoms with Gasteiger partial charge in [0, 0.05) is 44.6 Å². The van der Waals surface area contributed by atoms with Crippen LogP contribution in [-0.2, 0) is 9.47 Å². The average molecular weight is 438 g/mol. The SMILES string of the molecule is CNC(=O)Nc1ccc(-c2nc(N3CCOCC3)c3cnn(C4CCOCC4)c3n2)cc1. The Hall–Kier alpha value is -3.24. The van der Waals surface area contributed by atoms with Crippen molar-refractivity contribution >= 4 is 28.6 Å². The molecule has 0 atom stereocenters. The summed E-state index contributed by atoms with van der Waals surface area (Å²) in [6.07, 6.45) is 3.72. The van der Waals surface area contributed by atoms with Crippen molar-refractivity contribution in [2.24, 2.45) is 0 Å².